The van der Waals surface area contributed by atoms with Crippen LogP contribution < -0.4 is 0 Å². The summed E-state index contributed by atoms with van der Waals surface area (Å²) in [7, 11) is 2.64. The van der Waals surface area contributed by atoms with E-state index in [1.54, 1.807) is 11.1 Å². The molecule has 1 unspecified atom stereocenters. The second-order valence-corrected chi connectivity index (χ2v) is 20.3. The van der Waals surface area contributed by atoms with Crippen molar-refractivity contribution in [2.45, 2.75) is 122 Å². The molecule has 162 valence electrons. The van der Waals surface area contributed by atoms with Gasteiger partial charge in [0, 0.05) is 0 Å². The van der Waals surface area contributed by atoms with E-state index in [-0.39, 0.29) is 15.8 Å². The van der Waals surface area contributed by atoms with Crippen LogP contribution in [0.5, 0.6) is 0 Å². The highest BCUT2D eigenvalue weighted by Gasteiger charge is 2.37. The molecule has 0 bridgehead atoms. The lowest BCUT2D eigenvalue weighted by Gasteiger charge is -2.44. The lowest BCUT2D eigenvalue weighted by atomic mass is 10.1. The van der Waals surface area contributed by atoms with Gasteiger partial charge in [-0.3, -0.25) is 0 Å². The lowest BCUT2D eigenvalue weighted by molar-refractivity contribution is 0.699. The third kappa shape index (κ3) is 7.64. The summed E-state index contributed by atoms with van der Waals surface area (Å²) < 4.78 is 0. The molecule has 0 saturated carbocycles. The second kappa shape index (κ2) is 9.33. The molecule has 0 aliphatic heterocycles. The summed E-state index contributed by atoms with van der Waals surface area (Å²) in [5, 5.41) is 1.45. The van der Waals surface area contributed by atoms with Crippen molar-refractivity contribution in [3.63, 3.8) is 0 Å². The van der Waals surface area contributed by atoms with Gasteiger partial charge in [0.25, 0.3) is 0 Å². The lowest BCUT2D eigenvalue weighted by Crippen LogP contribution is -2.27. The van der Waals surface area contributed by atoms with Crippen LogP contribution in [0.15, 0.2) is 18.2 Å². The molecule has 0 aliphatic carbocycles. The fourth-order valence-corrected chi connectivity index (χ4v) is 11.9. The van der Waals surface area contributed by atoms with Gasteiger partial charge in [0.05, 0.1) is 0 Å². The zero-order valence-electron chi connectivity index (χ0n) is 20.8. The average Bonchev–Trinajstić information content (AvgIpc) is 2.46. The Morgan fingerprint density at radius 3 is 1.29 bits per heavy atom. The summed E-state index contributed by atoms with van der Waals surface area (Å²) in [6.45, 7) is 29.3. The molecule has 0 saturated heterocycles. The van der Waals surface area contributed by atoms with Crippen LogP contribution in [0.3, 0.4) is 0 Å². The maximum Gasteiger partial charge on any atom is -0.00607 e. The van der Waals surface area contributed by atoms with Crippen LogP contribution in [-0.2, 0) is 18.5 Å². The Labute approximate surface area is 182 Å². The molecule has 1 rings (SSSR count). The van der Waals surface area contributed by atoms with Gasteiger partial charge in [0.1, 0.15) is 0 Å². The Kier molecular flexibility index (Phi) is 8.85. The molecule has 0 N–H and O–H groups in total. The molecule has 0 spiro atoms. The highest BCUT2D eigenvalue weighted by atomic mass is 31.1. The number of benzene rings is 1. The molecule has 0 aliphatic rings. The van der Waals surface area contributed by atoms with Gasteiger partial charge in [-0.15, -0.1) is 9.24 Å². The number of hydrogen-bond donors (Lipinski definition) is 0. The van der Waals surface area contributed by atoms with E-state index in [1.807, 2.05) is 0 Å². The van der Waals surface area contributed by atoms with Crippen LogP contribution in [0.25, 0.3) is 0 Å². The van der Waals surface area contributed by atoms with Crippen molar-refractivity contribution in [3.8, 4) is 0 Å². The molecular formula is C25H47P3. The van der Waals surface area contributed by atoms with Crippen molar-refractivity contribution in [2.75, 3.05) is 0 Å². The Morgan fingerprint density at radius 2 is 0.964 bits per heavy atom. The van der Waals surface area contributed by atoms with Crippen LogP contribution in [0.4, 0.5) is 0 Å². The van der Waals surface area contributed by atoms with E-state index >= 15 is 0 Å². The molecule has 3 heteroatoms. The van der Waals surface area contributed by atoms with E-state index in [0.717, 1.165) is 6.16 Å². The van der Waals surface area contributed by atoms with Gasteiger partial charge in [0.2, 0.25) is 0 Å². The van der Waals surface area contributed by atoms with Gasteiger partial charge in [0.15, 0.2) is 0 Å². The van der Waals surface area contributed by atoms with Crippen LogP contribution >= 0.6 is 25.1 Å². The normalized spacial score (nSPS) is 14.2. The van der Waals surface area contributed by atoms with Gasteiger partial charge < -0.3 is 0 Å². The van der Waals surface area contributed by atoms with Gasteiger partial charge in [-0.05, 0) is 55.8 Å². The molecule has 0 amide bonds. The van der Waals surface area contributed by atoms with Crippen LogP contribution in [0.1, 0.15) is 99.8 Å². The van der Waals surface area contributed by atoms with Gasteiger partial charge >= 0.3 is 0 Å². The highest BCUT2D eigenvalue weighted by molar-refractivity contribution is 7.60. The minimum atomic E-state index is -0.133. The maximum atomic E-state index is 2.91. The smallest absolute Gasteiger partial charge is 0.00607 e. The zero-order chi connectivity index (χ0) is 22.1. The van der Waals surface area contributed by atoms with Gasteiger partial charge in [-0.1, -0.05) is 117 Å². The van der Waals surface area contributed by atoms with Crippen molar-refractivity contribution < 1.29 is 0 Å². The summed E-state index contributed by atoms with van der Waals surface area (Å²) in [5.41, 5.74) is 4.69. The first-order chi connectivity index (χ1) is 12.4. The molecule has 0 nitrogen and oxygen atoms in total. The van der Waals surface area contributed by atoms with Crippen molar-refractivity contribution in [2.24, 2.45) is 0 Å². The molecule has 0 fully saturated rings. The van der Waals surface area contributed by atoms with Gasteiger partial charge in [-0.25, -0.2) is 0 Å². The SMILES string of the molecule is CC(C)(C)P(Cc1ccc(CP)cc1CP(C(C)(C)C)C(C)(C)C)C(C)(C)C. The molecule has 1 aromatic rings. The quantitative estimate of drug-likeness (QED) is 0.400. The van der Waals surface area contributed by atoms with E-state index in [2.05, 4.69) is 111 Å². The summed E-state index contributed by atoms with van der Waals surface area (Å²) in [5.74, 6) is 0. The summed E-state index contributed by atoms with van der Waals surface area (Å²) in [4.78, 5) is 0. The Balaban J connectivity index is 3.43. The van der Waals surface area contributed by atoms with Gasteiger partial charge in [-0.2, -0.15) is 0 Å². The zero-order valence-corrected chi connectivity index (χ0v) is 23.8. The molecule has 0 heterocycles. The second-order valence-electron chi connectivity index (χ2n) is 12.2. The van der Waals surface area contributed by atoms with Crippen molar-refractivity contribution in [1.29, 1.82) is 0 Å². The number of rotatable bonds is 5. The Morgan fingerprint density at radius 1 is 0.607 bits per heavy atom. The first kappa shape index (κ1) is 26.5. The highest BCUT2D eigenvalue weighted by Crippen LogP contribution is 2.64. The minimum Gasteiger partial charge on any atom is -0.133 e. The van der Waals surface area contributed by atoms with Crippen LogP contribution in [-0.4, -0.2) is 20.6 Å². The Hall–Kier alpha value is 0.510. The molecule has 0 aromatic heterocycles. The van der Waals surface area contributed by atoms with Crippen molar-refractivity contribution >= 4 is 25.1 Å². The van der Waals surface area contributed by atoms with Crippen LogP contribution in [0, 0.1) is 0 Å². The molecular weight excluding hydrogens is 393 g/mol. The first-order valence-corrected chi connectivity index (χ1v) is 14.6. The molecule has 1 aromatic carbocycles. The van der Waals surface area contributed by atoms with E-state index in [1.165, 1.54) is 17.9 Å². The third-order valence-electron chi connectivity index (χ3n) is 5.40. The standard InChI is InChI=1S/C25H47P3/c1-22(2,3)27(23(4,5)6)17-20-14-13-19(16-26)15-21(20)18-28(24(7,8)9)25(10,11)12/h13-15H,16-18,26H2,1-12H3. The minimum absolute atomic E-state index is 0.128. The summed E-state index contributed by atoms with van der Waals surface area (Å²) in [6, 6.07) is 7.34. The number of hydrogen-bond acceptors (Lipinski definition) is 0. The maximum absolute atomic E-state index is 2.91. The van der Waals surface area contributed by atoms with Crippen molar-refractivity contribution in [3.05, 3.63) is 34.9 Å². The fourth-order valence-electron chi connectivity index (χ4n) is 4.41. The summed E-state index contributed by atoms with van der Waals surface area (Å²) in [6.07, 6.45) is 3.53. The first-order valence-electron chi connectivity index (χ1n) is 10.7. The fraction of sp³-hybridized carbons (Fsp3) is 0.760. The summed E-state index contributed by atoms with van der Waals surface area (Å²) >= 11 is 0. The molecule has 0 radical (unpaired) electrons. The van der Waals surface area contributed by atoms with E-state index in [0.29, 0.717) is 20.6 Å². The van der Waals surface area contributed by atoms with Crippen LogP contribution in [0.2, 0.25) is 0 Å². The predicted molar refractivity (Wildman–Crippen MR) is 140 cm³/mol. The van der Waals surface area contributed by atoms with Crippen molar-refractivity contribution in [1.82, 2.24) is 0 Å². The molecule has 1 atom stereocenters. The topological polar surface area (TPSA) is 0 Å². The monoisotopic (exact) mass is 440 g/mol. The largest absolute Gasteiger partial charge is 0.133 e. The molecule has 28 heavy (non-hydrogen) atoms. The third-order valence-corrected chi connectivity index (χ3v) is 13.7. The van der Waals surface area contributed by atoms with E-state index in [9.17, 15) is 0 Å². The van der Waals surface area contributed by atoms with E-state index in [4.69, 9.17) is 0 Å². The average molecular weight is 441 g/mol. The van der Waals surface area contributed by atoms with E-state index < -0.39 is 0 Å². The predicted octanol–water partition coefficient (Wildman–Crippen LogP) is 9.22. The Bertz CT molecular complexity index is 606.